The molecule has 118 valence electrons. The van der Waals surface area contributed by atoms with Gasteiger partial charge in [0.25, 0.3) is 0 Å². The lowest BCUT2D eigenvalue weighted by atomic mass is 9.89. The van der Waals surface area contributed by atoms with Gasteiger partial charge in [-0.3, -0.25) is 4.98 Å². The molecule has 0 bridgehead atoms. The van der Waals surface area contributed by atoms with Gasteiger partial charge in [0.2, 0.25) is 0 Å². The predicted molar refractivity (Wildman–Crippen MR) is 88.4 cm³/mol. The smallest absolute Gasteiger partial charge is 0.147 e. The van der Waals surface area contributed by atoms with E-state index in [1.807, 2.05) is 12.4 Å². The summed E-state index contributed by atoms with van der Waals surface area (Å²) in [6.45, 7) is 7.36. The Morgan fingerprint density at radius 2 is 2.00 bits per heavy atom. The molecule has 1 aromatic heterocycles. The average molecular weight is 290 g/mol. The van der Waals surface area contributed by atoms with Crippen molar-refractivity contribution in [3.05, 3.63) is 18.1 Å². The van der Waals surface area contributed by atoms with Gasteiger partial charge in [0.05, 0.1) is 11.9 Å². The van der Waals surface area contributed by atoms with Gasteiger partial charge in [-0.25, -0.2) is 4.98 Å². The van der Waals surface area contributed by atoms with Gasteiger partial charge in [-0.1, -0.05) is 33.1 Å². The second kappa shape index (κ2) is 8.32. The lowest BCUT2D eigenvalue weighted by Gasteiger charge is -2.27. The number of nitrogens with zero attached hydrogens (tertiary/aromatic N) is 3. The van der Waals surface area contributed by atoms with Crippen molar-refractivity contribution in [2.45, 2.75) is 52.5 Å². The Morgan fingerprint density at radius 1 is 1.24 bits per heavy atom. The Labute approximate surface area is 129 Å². The highest BCUT2D eigenvalue weighted by atomic mass is 15.2. The molecule has 0 atom stereocenters. The summed E-state index contributed by atoms with van der Waals surface area (Å²) in [6.07, 6.45) is 10.7. The van der Waals surface area contributed by atoms with Crippen molar-refractivity contribution in [2.75, 3.05) is 25.0 Å². The summed E-state index contributed by atoms with van der Waals surface area (Å²) >= 11 is 0. The highest BCUT2D eigenvalue weighted by Gasteiger charge is 2.16. The van der Waals surface area contributed by atoms with Crippen molar-refractivity contribution in [3.63, 3.8) is 0 Å². The van der Waals surface area contributed by atoms with E-state index >= 15 is 0 Å². The Morgan fingerprint density at radius 3 is 2.71 bits per heavy atom. The summed E-state index contributed by atoms with van der Waals surface area (Å²) in [5.74, 6) is 2.49. The molecule has 0 aliphatic heterocycles. The Balaban J connectivity index is 1.86. The molecule has 1 aliphatic carbocycles. The topological polar surface area (TPSA) is 41.1 Å². The minimum absolute atomic E-state index is 0.662. The SMILES string of the molecule is CC(C)CNCc1cncc(N(C)CC2CCCCC2)n1. The largest absolute Gasteiger partial charge is 0.358 e. The second-order valence-corrected chi connectivity index (χ2v) is 6.78. The summed E-state index contributed by atoms with van der Waals surface area (Å²) in [5, 5.41) is 3.43. The fourth-order valence-corrected chi connectivity index (χ4v) is 3.00. The molecule has 0 amide bonds. The molecule has 1 saturated carbocycles. The fourth-order valence-electron chi connectivity index (χ4n) is 3.00. The molecule has 1 heterocycles. The van der Waals surface area contributed by atoms with E-state index in [1.165, 1.54) is 32.1 Å². The Kier molecular flexibility index (Phi) is 6.43. The standard InChI is InChI=1S/C17H30N4/c1-14(2)9-18-10-16-11-19-12-17(20-16)21(3)13-15-7-5-4-6-8-15/h11-12,14-15,18H,4-10,13H2,1-3H3. The number of aromatic nitrogens is 2. The van der Waals surface area contributed by atoms with Gasteiger partial charge in [0.15, 0.2) is 0 Å². The van der Waals surface area contributed by atoms with Crippen LogP contribution >= 0.6 is 0 Å². The van der Waals surface area contributed by atoms with E-state index in [2.05, 4.69) is 36.1 Å². The second-order valence-electron chi connectivity index (χ2n) is 6.78. The number of nitrogens with one attached hydrogen (secondary N) is 1. The lowest BCUT2D eigenvalue weighted by molar-refractivity contribution is 0.361. The number of rotatable bonds is 7. The molecule has 0 radical (unpaired) electrons. The molecule has 0 unspecified atom stereocenters. The highest BCUT2D eigenvalue weighted by Crippen LogP contribution is 2.25. The van der Waals surface area contributed by atoms with Gasteiger partial charge in [0.1, 0.15) is 5.82 Å². The molecule has 1 aliphatic rings. The van der Waals surface area contributed by atoms with E-state index in [0.29, 0.717) is 5.92 Å². The molecule has 0 aromatic carbocycles. The van der Waals surface area contributed by atoms with Crippen LogP contribution in [0, 0.1) is 11.8 Å². The first-order valence-corrected chi connectivity index (χ1v) is 8.38. The normalized spacial score (nSPS) is 16.4. The maximum absolute atomic E-state index is 4.74. The van der Waals surface area contributed by atoms with Crippen molar-refractivity contribution < 1.29 is 0 Å². The molecule has 0 saturated heterocycles. The van der Waals surface area contributed by atoms with E-state index in [1.54, 1.807) is 0 Å². The van der Waals surface area contributed by atoms with E-state index in [4.69, 9.17) is 4.98 Å². The third-order valence-corrected chi connectivity index (χ3v) is 4.18. The maximum atomic E-state index is 4.74. The summed E-state index contributed by atoms with van der Waals surface area (Å²) in [7, 11) is 2.14. The van der Waals surface area contributed by atoms with Crippen LogP contribution in [0.15, 0.2) is 12.4 Å². The molecule has 0 spiro atoms. The van der Waals surface area contributed by atoms with Gasteiger partial charge < -0.3 is 10.2 Å². The van der Waals surface area contributed by atoms with Crippen LogP contribution in [0.5, 0.6) is 0 Å². The number of hydrogen-bond acceptors (Lipinski definition) is 4. The first kappa shape index (κ1) is 16.2. The van der Waals surface area contributed by atoms with Crippen molar-refractivity contribution in [2.24, 2.45) is 11.8 Å². The molecular formula is C17H30N4. The maximum Gasteiger partial charge on any atom is 0.147 e. The first-order chi connectivity index (χ1) is 10.1. The zero-order valence-electron chi connectivity index (χ0n) is 13.8. The van der Waals surface area contributed by atoms with Crippen LogP contribution in [0.1, 0.15) is 51.6 Å². The molecule has 2 rings (SSSR count). The molecular weight excluding hydrogens is 260 g/mol. The lowest BCUT2D eigenvalue weighted by Crippen LogP contribution is -2.28. The van der Waals surface area contributed by atoms with Crippen molar-refractivity contribution in [1.82, 2.24) is 15.3 Å². The number of hydrogen-bond donors (Lipinski definition) is 1. The van der Waals surface area contributed by atoms with Crippen LogP contribution in [0.3, 0.4) is 0 Å². The average Bonchev–Trinajstić information content (AvgIpc) is 2.48. The Bertz CT molecular complexity index is 413. The van der Waals surface area contributed by atoms with Crippen molar-refractivity contribution >= 4 is 5.82 Å². The van der Waals surface area contributed by atoms with Gasteiger partial charge >= 0.3 is 0 Å². The van der Waals surface area contributed by atoms with Gasteiger partial charge in [-0.2, -0.15) is 0 Å². The highest BCUT2D eigenvalue weighted by molar-refractivity contribution is 5.35. The first-order valence-electron chi connectivity index (χ1n) is 8.38. The van der Waals surface area contributed by atoms with Gasteiger partial charge in [-0.05, 0) is 31.2 Å². The summed E-state index contributed by atoms with van der Waals surface area (Å²) in [4.78, 5) is 11.4. The minimum Gasteiger partial charge on any atom is -0.358 e. The minimum atomic E-state index is 0.662. The predicted octanol–water partition coefficient (Wildman–Crippen LogP) is 3.24. The third kappa shape index (κ3) is 5.62. The van der Waals surface area contributed by atoms with Crippen LogP contribution < -0.4 is 10.2 Å². The van der Waals surface area contributed by atoms with Crippen LogP contribution in [0.2, 0.25) is 0 Å². The number of anilines is 1. The van der Waals surface area contributed by atoms with E-state index in [-0.39, 0.29) is 0 Å². The molecule has 4 heteroatoms. The molecule has 1 aromatic rings. The monoisotopic (exact) mass is 290 g/mol. The molecule has 4 nitrogen and oxygen atoms in total. The molecule has 21 heavy (non-hydrogen) atoms. The summed E-state index contributed by atoms with van der Waals surface area (Å²) < 4.78 is 0. The van der Waals surface area contributed by atoms with Gasteiger partial charge in [0, 0.05) is 26.3 Å². The zero-order chi connectivity index (χ0) is 15.1. The molecule has 1 fully saturated rings. The van der Waals surface area contributed by atoms with E-state index < -0.39 is 0 Å². The van der Waals surface area contributed by atoms with E-state index in [9.17, 15) is 0 Å². The van der Waals surface area contributed by atoms with Crippen LogP contribution in [0.4, 0.5) is 5.82 Å². The third-order valence-electron chi connectivity index (χ3n) is 4.18. The van der Waals surface area contributed by atoms with Crippen molar-refractivity contribution in [3.8, 4) is 0 Å². The summed E-state index contributed by atoms with van der Waals surface area (Å²) in [5.41, 5.74) is 1.03. The Hall–Kier alpha value is -1.16. The molecule has 1 N–H and O–H groups in total. The summed E-state index contributed by atoms with van der Waals surface area (Å²) in [6, 6.07) is 0. The fraction of sp³-hybridized carbons (Fsp3) is 0.765. The van der Waals surface area contributed by atoms with Crippen LogP contribution in [0.25, 0.3) is 0 Å². The van der Waals surface area contributed by atoms with E-state index in [0.717, 1.165) is 37.1 Å². The quantitative estimate of drug-likeness (QED) is 0.837. The van der Waals surface area contributed by atoms with Gasteiger partial charge in [-0.15, -0.1) is 0 Å². The van der Waals surface area contributed by atoms with Crippen molar-refractivity contribution in [1.29, 1.82) is 0 Å². The zero-order valence-corrected chi connectivity index (χ0v) is 13.8. The van der Waals surface area contributed by atoms with Crippen LogP contribution in [-0.2, 0) is 6.54 Å². The van der Waals surface area contributed by atoms with Crippen LogP contribution in [-0.4, -0.2) is 30.1 Å².